The Morgan fingerprint density at radius 1 is 1.11 bits per heavy atom. The maximum absolute atomic E-state index is 13.0. The van der Waals surface area contributed by atoms with E-state index < -0.39 is 0 Å². The van der Waals surface area contributed by atoms with E-state index in [-0.39, 0.29) is 17.2 Å². The molecule has 1 aliphatic heterocycles. The zero-order valence-corrected chi connectivity index (χ0v) is 16.0. The lowest BCUT2D eigenvalue weighted by molar-refractivity contribution is -0.121. The first kappa shape index (κ1) is 17.6. The molecule has 1 aromatic heterocycles. The molecule has 2 heterocycles. The maximum Gasteiger partial charge on any atom is 0.236 e. The largest absolute Gasteiger partial charge is 0.351 e. The van der Waals surface area contributed by atoms with E-state index in [2.05, 4.69) is 52.1 Å². The molecule has 7 heteroatoms. The summed E-state index contributed by atoms with van der Waals surface area (Å²) in [5, 5.41) is 11.7. The summed E-state index contributed by atoms with van der Waals surface area (Å²) in [7, 11) is 0. The van der Waals surface area contributed by atoms with E-state index in [9.17, 15) is 4.79 Å². The van der Waals surface area contributed by atoms with Crippen LogP contribution in [-0.2, 0) is 11.3 Å². The minimum absolute atomic E-state index is 0.0196. The monoisotopic (exact) mass is 379 g/mol. The van der Waals surface area contributed by atoms with Crippen LogP contribution in [0.4, 0.5) is 0 Å². The van der Waals surface area contributed by atoms with Crippen molar-refractivity contribution in [2.45, 2.75) is 36.8 Å². The Bertz CT molecular complexity index is 939. The molecule has 4 rings (SSSR count). The molecule has 0 bridgehead atoms. The van der Waals surface area contributed by atoms with Gasteiger partial charge in [0.2, 0.25) is 11.1 Å². The van der Waals surface area contributed by atoms with Gasteiger partial charge < -0.3 is 10.7 Å². The number of carbonyl (C=O) groups is 1. The van der Waals surface area contributed by atoms with E-state index in [4.69, 9.17) is 0 Å². The highest BCUT2D eigenvalue weighted by Crippen LogP contribution is 2.37. The first-order chi connectivity index (χ1) is 13.1. The third-order valence-corrected chi connectivity index (χ3v) is 5.82. The van der Waals surface area contributed by atoms with Crippen molar-refractivity contribution < 1.29 is 4.79 Å². The lowest BCUT2D eigenvalue weighted by atomic mass is 10.0. The summed E-state index contributed by atoms with van der Waals surface area (Å²) < 4.78 is 1.86. The maximum atomic E-state index is 13.0. The number of thioether (sulfide) groups is 1. The second kappa shape index (κ2) is 7.44. The van der Waals surface area contributed by atoms with Gasteiger partial charge in [-0.25, -0.2) is 4.68 Å². The summed E-state index contributed by atoms with van der Waals surface area (Å²) in [5.41, 5.74) is 6.74. The van der Waals surface area contributed by atoms with Crippen LogP contribution in [0.25, 0.3) is 0 Å². The third-order valence-electron chi connectivity index (χ3n) is 4.60. The Labute approximate surface area is 162 Å². The number of aryl methyl sites for hydroxylation is 2. The van der Waals surface area contributed by atoms with Gasteiger partial charge in [-0.15, -0.1) is 10.2 Å². The van der Waals surface area contributed by atoms with Gasteiger partial charge in [0.1, 0.15) is 11.1 Å². The highest BCUT2D eigenvalue weighted by atomic mass is 32.2. The van der Waals surface area contributed by atoms with Gasteiger partial charge in [-0.1, -0.05) is 71.9 Å². The molecule has 1 amide bonds. The summed E-state index contributed by atoms with van der Waals surface area (Å²) in [6.45, 7) is 4.45. The van der Waals surface area contributed by atoms with Crippen LogP contribution in [0.3, 0.4) is 0 Å². The van der Waals surface area contributed by atoms with Crippen LogP contribution >= 0.6 is 11.8 Å². The van der Waals surface area contributed by atoms with E-state index >= 15 is 0 Å². The molecule has 0 aliphatic carbocycles. The third kappa shape index (κ3) is 3.68. The van der Waals surface area contributed by atoms with Gasteiger partial charge in [-0.3, -0.25) is 4.79 Å². The number of nitrogens with zero attached hydrogens (tertiary/aromatic N) is 3. The van der Waals surface area contributed by atoms with Gasteiger partial charge in [0.15, 0.2) is 0 Å². The average molecular weight is 379 g/mol. The van der Waals surface area contributed by atoms with Crippen LogP contribution in [0.1, 0.15) is 28.6 Å². The normalized spacial score (nSPS) is 18.4. The highest BCUT2D eigenvalue weighted by Gasteiger charge is 2.37. The van der Waals surface area contributed by atoms with Crippen LogP contribution in [0, 0.1) is 13.8 Å². The van der Waals surface area contributed by atoms with Crippen LogP contribution in [0.15, 0.2) is 59.8 Å². The second-order valence-corrected chi connectivity index (χ2v) is 7.73. The average Bonchev–Trinajstić information content (AvgIpc) is 3.07. The number of rotatable bonds is 4. The number of benzene rings is 2. The predicted molar refractivity (Wildman–Crippen MR) is 106 cm³/mol. The van der Waals surface area contributed by atoms with E-state index in [0.29, 0.717) is 11.7 Å². The van der Waals surface area contributed by atoms with Gasteiger partial charge >= 0.3 is 0 Å². The molecule has 2 N–H and O–H groups in total. The molecule has 0 spiro atoms. The van der Waals surface area contributed by atoms with E-state index in [1.807, 2.05) is 41.9 Å². The molecule has 2 aromatic carbocycles. The molecule has 6 nitrogen and oxygen atoms in total. The fourth-order valence-corrected chi connectivity index (χ4v) is 4.22. The molecule has 0 fully saturated rings. The number of fused-ring (bicyclic) bond motifs is 1. The minimum atomic E-state index is -0.340. The number of hydrogen-bond acceptors (Lipinski definition) is 5. The van der Waals surface area contributed by atoms with Crippen molar-refractivity contribution in [2.24, 2.45) is 0 Å². The Hall–Kier alpha value is -2.80. The SMILES string of the molecule is Cc1ccc([C@H]2Nn3c(C)nnc3S[C@H]2C(=O)NCc2ccccc2)cc1. The van der Waals surface area contributed by atoms with Crippen molar-refractivity contribution >= 4 is 17.7 Å². The Kier molecular flexibility index (Phi) is 4.85. The van der Waals surface area contributed by atoms with Gasteiger partial charge in [-0.2, -0.15) is 0 Å². The van der Waals surface area contributed by atoms with E-state index in [1.165, 1.54) is 17.3 Å². The van der Waals surface area contributed by atoms with E-state index in [1.54, 1.807) is 0 Å². The van der Waals surface area contributed by atoms with Crippen molar-refractivity contribution in [2.75, 3.05) is 5.43 Å². The lowest BCUT2D eigenvalue weighted by Crippen LogP contribution is -2.44. The number of carbonyl (C=O) groups excluding carboxylic acids is 1. The second-order valence-electron chi connectivity index (χ2n) is 6.62. The smallest absolute Gasteiger partial charge is 0.236 e. The van der Waals surface area contributed by atoms with Crippen LogP contribution in [-0.4, -0.2) is 26.0 Å². The first-order valence-electron chi connectivity index (χ1n) is 8.85. The molecule has 138 valence electrons. The number of amides is 1. The number of nitrogens with one attached hydrogen (secondary N) is 2. The molecule has 3 aromatic rings. The van der Waals surface area contributed by atoms with Gasteiger partial charge in [-0.05, 0) is 25.0 Å². The molecule has 0 saturated carbocycles. The van der Waals surface area contributed by atoms with Gasteiger partial charge in [0, 0.05) is 6.54 Å². The quantitative estimate of drug-likeness (QED) is 0.729. The number of hydrogen-bond donors (Lipinski definition) is 2. The summed E-state index contributed by atoms with van der Waals surface area (Å²) in [5.74, 6) is 0.756. The molecule has 0 saturated heterocycles. The van der Waals surface area contributed by atoms with Crippen molar-refractivity contribution in [3.8, 4) is 0 Å². The predicted octanol–water partition coefficient (Wildman–Crippen LogP) is 2.97. The topological polar surface area (TPSA) is 71.8 Å². The minimum Gasteiger partial charge on any atom is -0.351 e. The lowest BCUT2D eigenvalue weighted by Gasteiger charge is -2.32. The molecule has 1 aliphatic rings. The zero-order chi connectivity index (χ0) is 18.8. The highest BCUT2D eigenvalue weighted by molar-refractivity contribution is 8.00. The molecule has 0 radical (unpaired) electrons. The first-order valence-corrected chi connectivity index (χ1v) is 9.73. The summed E-state index contributed by atoms with van der Waals surface area (Å²) in [6, 6.07) is 18.0. The number of aromatic nitrogens is 3. The Balaban J connectivity index is 1.59. The van der Waals surface area contributed by atoms with Crippen molar-refractivity contribution in [3.05, 3.63) is 77.1 Å². The molecular weight excluding hydrogens is 358 g/mol. The fraction of sp³-hybridized carbons (Fsp3) is 0.250. The molecule has 27 heavy (non-hydrogen) atoms. The van der Waals surface area contributed by atoms with Crippen molar-refractivity contribution in [1.82, 2.24) is 20.2 Å². The van der Waals surface area contributed by atoms with Gasteiger partial charge in [0.05, 0.1) is 6.04 Å². The Morgan fingerprint density at radius 3 is 2.59 bits per heavy atom. The summed E-state index contributed by atoms with van der Waals surface area (Å²) in [6.07, 6.45) is 0. The Morgan fingerprint density at radius 2 is 1.85 bits per heavy atom. The summed E-state index contributed by atoms with van der Waals surface area (Å²) in [4.78, 5) is 13.0. The zero-order valence-electron chi connectivity index (χ0n) is 15.2. The fourth-order valence-electron chi connectivity index (χ4n) is 3.07. The van der Waals surface area contributed by atoms with Crippen molar-refractivity contribution in [3.63, 3.8) is 0 Å². The molecular formula is C20H21N5OS. The van der Waals surface area contributed by atoms with Crippen molar-refractivity contribution in [1.29, 1.82) is 0 Å². The van der Waals surface area contributed by atoms with Crippen LogP contribution in [0.5, 0.6) is 0 Å². The standard InChI is InChI=1S/C20H21N5OS/c1-13-8-10-16(11-9-13)17-18(27-20-23-22-14(2)25(20)24-17)19(26)21-12-15-6-4-3-5-7-15/h3-11,17-18,24H,12H2,1-2H3,(H,21,26)/t17-,18-/m1/s1. The molecule has 0 unspecified atom stereocenters. The van der Waals surface area contributed by atoms with Crippen LogP contribution in [0.2, 0.25) is 0 Å². The van der Waals surface area contributed by atoms with Gasteiger partial charge in [0.25, 0.3) is 0 Å². The van der Waals surface area contributed by atoms with Crippen LogP contribution < -0.4 is 10.7 Å². The van der Waals surface area contributed by atoms with E-state index in [0.717, 1.165) is 17.0 Å². The summed E-state index contributed by atoms with van der Waals surface area (Å²) >= 11 is 1.44. The molecule has 2 atom stereocenters.